The molecule has 1 saturated carbocycles. The maximum Gasteiger partial charge on any atom is 0.223 e. The van der Waals surface area contributed by atoms with E-state index in [2.05, 4.69) is 24.0 Å². The average molecular weight is 301 g/mol. The number of ether oxygens (including phenoxy) is 1. The molecule has 1 saturated heterocycles. The Morgan fingerprint density at radius 3 is 2.59 bits per heavy atom. The molecule has 0 bridgehead atoms. The van der Waals surface area contributed by atoms with Crippen LogP contribution in [-0.4, -0.2) is 31.0 Å². The number of carbonyl (C=O) groups is 1. The van der Waals surface area contributed by atoms with Gasteiger partial charge in [-0.05, 0) is 61.1 Å². The van der Waals surface area contributed by atoms with Crippen molar-refractivity contribution in [2.45, 2.75) is 44.9 Å². The molecule has 1 amide bonds. The van der Waals surface area contributed by atoms with E-state index >= 15 is 0 Å². The molecule has 0 spiro atoms. The lowest BCUT2D eigenvalue weighted by Crippen LogP contribution is -2.39. The van der Waals surface area contributed by atoms with Crippen molar-refractivity contribution in [1.29, 1.82) is 0 Å². The molecular formula is C19H27NO2. The van der Waals surface area contributed by atoms with Crippen LogP contribution in [0.3, 0.4) is 0 Å². The number of carbonyl (C=O) groups excluding carboxylic acids is 1. The maximum absolute atomic E-state index is 12.7. The van der Waals surface area contributed by atoms with E-state index in [1.807, 2.05) is 12.1 Å². The van der Waals surface area contributed by atoms with Crippen LogP contribution in [0.2, 0.25) is 0 Å². The number of hydrogen-bond acceptors (Lipinski definition) is 2. The highest BCUT2D eigenvalue weighted by Crippen LogP contribution is 2.45. The van der Waals surface area contributed by atoms with E-state index in [0.29, 0.717) is 30.1 Å². The smallest absolute Gasteiger partial charge is 0.223 e. The molecule has 1 aromatic carbocycles. The fourth-order valence-electron chi connectivity index (χ4n) is 3.64. The first kappa shape index (κ1) is 15.4. The minimum absolute atomic E-state index is 0.347. The number of hydrogen-bond donors (Lipinski definition) is 0. The molecule has 0 aromatic heterocycles. The number of likely N-dealkylation sites (tertiary alicyclic amines) is 1. The van der Waals surface area contributed by atoms with Crippen molar-refractivity contribution in [3.63, 3.8) is 0 Å². The van der Waals surface area contributed by atoms with E-state index in [0.717, 1.165) is 25.3 Å². The van der Waals surface area contributed by atoms with Crippen LogP contribution in [0.25, 0.3) is 0 Å². The second-order valence-corrected chi connectivity index (χ2v) is 7.01. The quantitative estimate of drug-likeness (QED) is 0.827. The zero-order chi connectivity index (χ0) is 15.5. The first-order valence-electron chi connectivity index (χ1n) is 8.59. The van der Waals surface area contributed by atoms with Crippen molar-refractivity contribution in [1.82, 2.24) is 4.90 Å². The molecule has 1 aromatic rings. The molecule has 2 unspecified atom stereocenters. The monoisotopic (exact) mass is 301 g/mol. The van der Waals surface area contributed by atoms with Crippen LogP contribution >= 0.6 is 0 Å². The number of nitrogens with zero attached hydrogens (tertiary/aromatic N) is 1. The first-order valence-corrected chi connectivity index (χ1v) is 8.59. The molecule has 1 heterocycles. The minimum Gasteiger partial charge on any atom is -0.497 e. The van der Waals surface area contributed by atoms with Crippen LogP contribution in [-0.2, 0) is 4.79 Å². The van der Waals surface area contributed by atoms with Gasteiger partial charge < -0.3 is 9.64 Å². The van der Waals surface area contributed by atoms with E-state index in [9.17, 15) is 4.79 Å². The van der Waals surface area contributed by atoms with Crippen molar-refractivity contribution >= 4 is 5.91 Å². The fraction of sp³-hybridized carbons (Fsp3) is 0.632. The summed E-state index contributed by atoms with van der Waals surface area (Å²) in [6.07, 6.45) is 5.61. The lowest BCUT2D eigenvalue weighted by atomic mass is 9.89. The van der Waals surface area contributed by atoms with Crippen LogP contribution in [0.1, 0.15) is 50.5 Å². The highest BCUT2D eigenvalue weighted by Gasteiger charge is 2.35. The van der Waals surface area contributed by atoms with Gasteiger partial charge >= 0.3 is 0 Å². The molecule has 1 aliphatic carbocycles. The van der Waals surface area contributed by atoms with Crippen LogP contribution in [0.15, 0.2) is 24.3 Å². The molecule has 22 heavy (non-hydrogen) atoms. The fourth-order valence-corrected chi connectivity index (χ4v) is 3.64. The number of amides is 1. The van der Waals surface area contributed by atoms with Gasteiger partial charge in [0.1, 0.15) is 5.75 Å². The third-order valence-electron chi connectivity index (χ3n) is 5.14. The topological polar surface area (TPSA) is 29.5 Å². The van der Waals surface area contributed by atoms with Crippen LogP contribution in [0.4, 0.5) is 0 Å². The Morgan fingerprint density at radius 2 is 2.00 bits per heavy atom. The van der Waals surface area contributed by atoms with E-state index in [4.69, 9.17) is 4.74 Å². The SMILES string of the molecule is COc1ccc(C(CC(=O)N2CCCC(C)C2)C2CC2)cc1. The van der Waals surface area contributed by atoms with Gasteiger partial charge in [0.2, 0.25) is 5.91 Å². The number of benzene rings is 1. The van der Waals surface area contributed by atoms with E-state index < -0.39 is 0 Å². The highest BCUT2D eigenvalue weighted by molar-refractivity contribution is 5.77. The molecule has 0 N–H and O–H groups in total. The summed E-state index contributed by atoms with van der Waals surface area (Å²) in [5.74, 6) is 2.96. The van der Waals surface area contributed by atoms with Gasteiger partial charge in [0.05, 0.1) is 7.11 Å². The summed E-state index contributed by atoms with van der Waals surface area (Å²) in [4.78, 5) is 14.8. The van der Waals surface area contributed by atoms with E-state index in [1.54, 1.807) is 7.11 Å². The summed E-state index contributed by atoms with van der Waals surface area (Å²) in [7, 11) is 1.69. The maximum atomic E-state index is 12.7. The van der Waals surface area contributed by atoms with Gasteiger partial charge in [-0.2, -0.15) is 0 Å². The number of piperidine rings is 1. The molecule has 0 radical (unpaired) electrons. The van der Waals surface area contributed by atoms with E-state index in [1.165, 1.54) is 24.8 Å². The molecule has 3 heteroatoms. The summed E-state index contributed by atoms with van der Waals surface area (Å²) in [6, 6.07) is 8.29. The van der Waals surface area contributed by atoms with Crippen molar-refractivity contribution < 1.29 is 9.53 Å². The standard InChI is InChI=1S/C19H27NO2/c1-14-4-3-11-20(13-14)19(21)12-18(15-5-6-15)16-7-9-17(22-2)10-8-16/h7-10,14-15,18H,3-6,11-13H2,1-2H3. The van der Waals surface area contributed by atoms with Gasteiger partial charge in [-0.3, -0.25) is 4.79 Å². The van der Waals surface area contributed by atoms with Crippen molar-refractivity contribution in [3.8, 4) is 5.75 Å². The predicted octanol–water partition coefficient (Wildman–Crippen LogP) is 3.84. The number of methoxy groups -OCH3 is 1. The molecule has 1 aliphatic heterocycles. The number of rotatable bonds is 5. The highest BCUT2D eigenvalue weighted by atomic mass is 16.5. The summed E-state index contributed by atoms with van der Waals surface area (Å²) >= 11 is 0. The van der Waals surface area contributed by atoms with E-state index in [-0.39, 0.29) is 0 Å². The predicted molar refractivity (Wildman–Crippen MR) is 88.1 cm³/mol. The summed E-state index contributed by atoms with van der Waals surface area (Å²) < 4.78 is 5.24. The molecule has 3 rings (SSSR count). The van der Waals surface area contributed by atoms with Crippen molar-refractivity contribution in [3.05, 3.63) is 29.8 Å². The van der Waals surface area contributed by atoms with Gasteiger partial charge in [0.25, 0.3) is 0 Å². The lowest BCUT2D eigenvalue weighted by Gasteiger charge is -2.32. The molecule has 120 valence electrons. The van der Waals surface area contributed by atoms with Crippen LogP contribution < -0.4 is 4.74 Å². The van der Waals surface area contributed by atoms with Crippen molar-refractivity contribution in [2.75, 3.05) is 20.2 Å². The largest absolute Gasteiger partial charge is 0.497 e. The van der Waals surface area contributed by atoms with Crippen LogP contribution in [0, 0.1) is 11.8 Å². The Balaban J connectivity index is 1.67. The average Bonchev–Trinajstić information content (AvgIpc) is 3.37. The summed E-state index contributed by atoms with van der Waals surface area (Å²) in [6.45, 7) is 4.14. The Kier molecular flexibility index (Phi) is 4.70. The minimum atomic E-state index is 0.347. The second kappa shape index (κ2) is 6.72. The van der Waals surface area contributed by atoms with Crippen molar-refractivity contribution in [2.24, 2.45) is 11.8 Å². The van der Waals surface area contributed by atoms with Gasteiger partial charge in [-0.25, -0.2) is 0 Å². The third kappa shape index (κ3) is 3.63. The van der Waals surface area contributed by atoms with Gasteiger partial charge in [-0.1, -0.05) is 19.1 Å². The summed E-state index contributed by atoms with van der Waals surface area (Å²) in [5.41, 5.74) is 1.29. The second-order valence-electron chi connectivity index (χ2n) is 7.01. The van der Waals surface area contributed by atoms with Gasteiger partial charge in [-0.15, -0.1) is 0 Å². The first-order chi connectivity index (χ1) is 10.7. The molecule has 3 nitrogen and oxygen atoms in total. The Morgan fingerprint density at radius 1 is 1.27 bits per heavy atom. The third-order valence-corrected chi connectivity index (χ3v) is 5.14. The Bertz CT molecular complexity index is 507. The zero-order valence-electron chi connectivity index (χ0n) is 13.8. The molecular weight excluding hydrogens is 274 g/mol. The summed E-state index contributed by atoms with van der Waals surface area (Å²) in [5, 5.41) is 0. The lowest BCUT2D eigenvalue weighted by molar-refractivity contribution is -0.133. The molecule has 2 fully saturated rings. The molecule has 2 atom stereocenters. The Hall–Kier alpha value is -1.51. The Labute approximate surface area is 133 Å². The van der Waals surface area contributed by atoms with Gasteiger partial charge in [0.15, 0.2) is 0 Å². The zero-order valence-corrected chi connectivity index (χ0v) is 13.8. The van der Waals surface area contributed by atoms with Crippen LogP contribution in [0.5, 0.6) is 5.75 Å². The van der Waals surface area contributed by atoms with Gasteiger partial charge in [0, 0.05) is 19.5 Å². The molecule has 2 aliphatic rings. The normalized spacial score (nSPS) is 23.2.